The Hall–Kier alpha value is -3.22. The summed E-state index contributed by atoms with van der Waals surface area (Å²) in [7, 11) is 0. The minimum absolute atomic E-state index is 0.0713. The van der Waals surface area contributed by atoms with Crippen LogP contribution in [0.25, 0.3) is 0 Å². The second kappa shape index (κ2) is 12.2. The van der Waals surface area contributed by atoms with Crippen LogP contribution in [0, 0.1) is 11.3 Å². The van der Waals surface area contributed by atoms with Gasteiger partial charge in [0.15, 0.2) is 5.13 Å². The first-order chi connectivity index (χ1) is 17.5. The van der Waals surface area contributed by atoms with E-state index in [0.717, 1.165) is 30.5 Å². The number of anilines is 1. The molecule has 1 aliphatic carbocycles. The Morgan fingerprint density at radius 3 is 2.81 bits per heavy atom. The van der Waals surface area contributed by atoms with E-state index < -0.39 is 5.25 Å². The Morgan fingerprint density at radius 1 is 1.28 bits per heavy atom. The molecule has 0 saturated heterocycles. The molecule has 1 aliphatic rings. The highest BCUT2D eigenvalue weighted by atomic mass is 32.2. The summed E-state index contributed by atoms with van der Waals surface area (Å²) in [5, 5.41) is 15.0. The molecule has 1 N–H and O–H groups in total. The van der Waals surface area contributed by atoms with Gasteiger partial charge in [-0.15, -0.1) is 11.3 Å². The molecule has 2 atom stereocenters. The average molecular weight is 521 g/mol. The van der Waals surface area contributed by atoms with Crippen LogP contribution in [0.4, 0.5) is 5.13 Å². The zero-order chi connectivity index (χ0) is 25.5. The summed E-state index contributed by atoms with van der Waals surface area (Å²) in [5.41, 5.74) is 4.51. The van der Waals surface area contributed by atoms with Crippen molar-refractivity contribution in [3.8, 4) is 6.07 Å². The zero-order valence-corrected chi connectivity index (χ0v) is 22.0. The highest BCUT2D eigenvalue weighted by Gasteiger charge is 2.26. The van der Waals surface area contributed by atoms with Crippen molar-refractivity contribution >= 4 is 40.1 Å². The third kappa shape index (κ3) is 6.31. The van der Waals surface area contributed by atoms with Crippen LogP contribution in [-0.2, 0) is 33.6 Å². The number of hydrogen-bond donors (Lipinski definition) is 1. The third-order valence-corrected chi connectivity index (χ3v) is 8.25. The Kier molecular flexibility index (Phi) is 8.73. The van der Waals surface area contributed by atoms with Crippen LogP contribution in [-0.4, -0.2) is 33.7 Å². The summed E-state index contributed by atoms with van der Waals surface area (Å²) in [6, 6.07) is 14.7. The van der Waals surface area contributed by atoms with Crippen molar-refractivity contribution in [3.05, 3.63) is 69.9 Å². The fraction of sp³-hybridized carbons (Fsp3) is 0.370. The van der Waals surface area contributed by atoms with Crippen molar-refractivity contribution in [1.29, 1.82) is 5.26 Å². The van der Waals surface area contributed by atoms with Gasteiger partial charge < -0.3 is 10.1 Å². The molecule has 3 aromatic rings. The Morgan fingerprint density at radius 2 is 2.08 bits per heavy atom. The first kappa shape index (κ1) is 25.9. The van der Waals surface area contributed by atoms with E-state index in [1.807, 2.05) is 19.1 Å². The molecule has 2 aromatic heterocycles. The normalized spacial score (nSPS) is 15.4. The maximum atomic E-state index is 13.0. The van der Waals surface area contributed by atoms with Crippen LogP contribution in [0.3, 0.4) is 0 Å². The second-order valence-electron chi connectivity index (χ2n) is 8.54. The second-order valence-corrected chi connectivity index (χ2v) is 10.6. The number of pyridine rings is 1. The smallest absolute Gasteiger partial charge is 0.311 e. The molecule has 2 unspecified atom stereocenters. The summed E-state index contributed by atoms with van der Waals surface area (Å²) in [6.07, 6.45) is 3.36. The number of carbonyl (C=O) groups is 2. The quantitative estimate of drug-likeness (QED) is 0.302. The van der Waals surface area contributed by atoms with Crippen molar-refractivity contribution in [1.82, 2.24) is 9.97 Å². The number of rotatable bonds is 9. The molecule has 2 heterocycles. The average Bonchev–Trinajstić information content (AvgIpc) is 3.33. The predicted molar refractivity (Wildman–Crippen MR) is 141 cm³/mol. The molecule has 1 amide bonds. The Balaban J connectivity index is 1.44. The number of nitrogens with zero attached hydrogens (tertiary/aromatic N) is 3. The molecule has 0 fully saturated rings. The van der Waals surface area contributed by atoms with Gasteiger partial charge in [-0.2, -0.15) is 5.26 Å². The van der Waals surface area contributed by atoms with E-state index in [1.165, 1.54) is 28.7 Å². The molecule has 0 bridgehead atoms. The monoisotopic (exact) mass is 520 g/mol. The van der Waals surface area contributed by atoms with Gasteiger partial charge in [0.2, 0.25) is 5.91 Å². The lowest BCUT2D eigenvalue weighted by Crippen LogP contribution is -2.25. The number of thiazole rings is 1. The molecular weight excluding hydrogens is 492 g/mol. The third-order valence-electron chi connectivity index (χ3n) is 6.07. The van der Waals surface area contributed by atoms with Crippen LogP contribution in [0.5, 0.6) is 0 Å². The minimum atomic E-state index is -0.430. The van der Waals surface area contributed by atoms with Crippen LogP contribution in [0.2, 0.25) is 0 Å². The molecule has 186 valence electrons. The van der Waals surface area contributed by atoms with Gasteiger partial charge in [0.1, 0.15) is 11.1 Å². The van der Waals surface area contributed by atoms with E-state index in [9.17, 15) is 14.9 Å². The van der Waals surface area contributed by atoms with Crippen LogP contribution < -0.4 is 5.32 Å². The molecule has 0 aliphatic heterocycles. The number of fused-ring (bicyclic) bond motifs is 1. The number of esters is 1. The number of carbonyl (C=O) groups excluding carboxylic acids is 2. The van der Waals surface area contributed by atoms with Gasteiger partial charge in [0.05, 0.1) is 29.5 Å². The number of nitriles is 1. The molecule has 9 heteroatoms. The minimum Gasteiger partial charge on any atom is -0.466 e. The van der Waals surface area contributed by atoms with Gasteiger partial charge >= 0.3 is 5.97 Å². The van der Waals surface area contributed by atoms with Crippen LogP contribution in [0.15, 0.2) is 46.8 Å². The number of nitrogens with one attached hydrogen (secondary N) is 1. The number of thioether (sulfide) groups is 1. The largest absolute Gasteiger partial charge is 0.466 e. The maximum Gasteiger partial charge on any atom is 0.311 e. The standard InChI is InChI=1S/C27H28N4O3S2/c1-3-23(25(33)31-27-29-21(16-35-27)14-24(32)34-4-2)36-26-20(15-28)13-19-12-18(10-11-22(19)30-26)17-8-6-5-7-9-17/h5-9,13,16,18,23H,3-4,10-12,14H2,1-2H3,(H,29,31,33). The number of amides is 1. The highest BCUT2D eigenvalue weighted by Crippen LogP contribution is 2.36. The van der Waals surface area contributed by atoms with Gasteiger partial charge in [0.25, 0.3) is 0 Å². The Bertz CT molecular complexity index is 1270. The molecule has 4 rings (SSSR count). The maximum absolute atomic E-state index is 13.0. The van der Waals surface area contributed by atoms with Crippen molar-refractivity contribution in [2.24, 2.45) is 0 Å². The summed E-state index contributed by atoms with van der Waals surface area (Å²) >= 11 is 2.59. The van der Waals surface area contributed by atoms with E-state index in [1.54, 1.807) is 12.3 Å². The number of benzene rings is 1. The lowest BCUT2D eigenvalue weighted by molar-refractivity contribution is -0.142. The van der Waals surface area contributed by atoms with Crippen LogP contribution >= 0.6 is 23.1 Å². The first-order valence-corrected chi connectivity index (χ1v) is 13.8. The number of ether oxygens (including phenoxy) is 1. The van der Waals surface area contributed by atoms with Gasteiger partial charge in [-0.1, -0.05) is 49.0 Å². The molecule has 7 nitrogen and oxygen atoms in total. The Labute approximate surface area is 219 Å². The van der Waals surface area contributed by atoms with Crippen LogP contribution in [0.1, 0.15) is 60.7 Å². The van der Waals surface area contributed by atoms with E-state index in [-0.39, 0.29) is 18.3 Å². The summed E-state index contributed by atoms with van der Waals surface area (Å²) in [5.74, 6) is -0.126. The van der Waals surface area contributed by atoms with E-state index in [2.05, 4.69) is 40.6 Å². The van der Waals surface area contributed by atoms with Gasteiger partial charge in [-0.25, -0.2) is 9.97 Å². The summed E-state index contributed by atoms with van der Waals surface area (Å²) in [6.45, 7) is 4.00. The van der Waals surface area contributed by atoms with Gasteiger partial charge in [0, 0.05) is 11.1 Å². The number of aromatic nitrogens is 2. The van der Waals surface area contributed by atoms with E-state index in [0.29, 0.717) is 40.4 Å². The molecule has 1 aromatic carbocycles. The van der Waals surface area contributed by atoms with Crippen molar-refractivity contribution in [2.45, 2.75) is 62.1 Å². The number of aryl methyl sites for hydroxylation is 1. The molecule has 0 spiro atoms. The molecule has 36 heavy (non-hydrogen) atoms. The zero-order valence-electron chi connectivity index (χ0n) is 20.3. The lowest BCUT2D eigenvalue weighted by Gasteiger charge is -2.25. The lowest BCUT2D eigenvalue weighted by atomic mass is 9.82. The predicted octanol–water partition coefficient (Wildman–Crippen LogP) is 5.30. The molecule has 0 saturated carbocycles. The van der Waals surface area contributed by atoms with E-state index in [4.69, 9.17) is 9.72 Å². The number of hydrogen-bond acceptors (Lipinski definition) is 8. The van der Waals surface area contributed by atoms with Crippen molar-refractivity contribution in [3.63, 3.8) is 0 Å². The fourth-order valence-electron chi connectivity index (χ4n) is 4.27. The van der Waals surface area contributed by atoms with Gasteiger partial charge in [-0.05, 0) is 55.7 Å². The van der Waals surface area contributed by atoms with Gasteiger partial charge in [-0.3, -0.25) is 9.59 Å². The fourth-order valence-corrected chi connectivity index (χ4v) is 5.98. The molecule has 0 radical (unpaired) electrons. The highest BCUT2D eigenvalue weighted by molar-refractivity contribution is 8.00. The summed E-state index contributed by atoms with van der Waals surface area (Å²) in [4.78, 5) is 33.8. The first-order valence-electron chi connectivity index (χ1n) is 12.1. The van der Waals surface area contributed by atoms with Crippen molar-refractivity contribution in [2.75, 3.05) is 11.9 Å². The SMILES string of the molecule is CCOC(=O)Cc1csc(NC(=O)C(CC)Sc2nc3c(cc2C#N)CC(c2ccccc2)CC3)n1. The summed E-state index contributed by atoms with van der Waals surface area (Å²) < 4.78 is 4.95. The van der Waals surface area contributed by atoms with E-state index >= 15 is 0 Å². The molecular formula is C27H28N4O3S2. The topological polar surface area (TPSA) is 105 Å². The van der Waals surface area contributed by atoms with Crippen molar-refractivity contribution < 1.29 is 14.3 Å².